The van der Waals surface area contributed by atoms with Crippen LogP contribution < -0.4 is 10.6 Å². The molecule has 1 amide bonds. The molecule has 2 aliphatic rings. The van der Waals surface area contributed by atoms with Gasteiger partial charge in [0, 0.05) is 40.4 Å². The molecule has 0 bridgehead atoms. The topological polar surface area (TPSA) is 66.0 Å². The van der Waals surface area contributed by atoms with E-state index in [4.69, 9.17) is 4.74 Å². The van der Waals surface area contributed by atoms with E-state index in [1.807, 2.05) is 0 Å². The molecule has 2 aliphatic carbocycles. The van der Waals surface area contributed by atoms with Gasteiger partial charge in [0.05, 0.1) is 0 Å². The molecule has 2 rings (SSSR count). The van der Waals surface area contributed by atoms with E-state index in [9.17, 15) is 4.79 Å². The van der Waals surface area contributed by atoms with Crippen molar-refractivity contribution in [3.8, 4) is 0 Å². The first-order valence-electron chi connectivity index (χ1n) is 10.7. The van der Waals surface area contributed by atoms with Crippen molar-refractivity contribution in [2.45, 2.75) is 70.8 Å². The molecule has 28 heavy (non-hydrogen) atoms. The number of hydrogen-bond donors (Lipinski definition) is 2. The number of hydrogen-bond acceptors (Lipinski definition) is 3. The second-order valence-corrected chi connectivity index (χ2v) is 8.77. The predicted octanol–water partition coefficient (Wildman–Crippen LogP) is 3.40. The quantitative estimate of drug-likeness (QED) is 0.300. The van der Waals surface area contributed by atoms with Crippen LogP contribution in [0.5, 0.6) is 0 Å². The average molecular weight is 508 g/mol. The molecule has 0 aromatic carbocycles. The zero-order chi connectivity index (χ0) is 19.7. The van der Waals surface area contributed by atoms with Gasteiger partial charge in [0.1, 0.15) is 6.54 Å². The first-order chi connectivity index (χ1) is 13.0. The third-order valence-corrected chi connectivity index (χ3v) is 6.44. The lowest BCUT2D eigenvalue weighted by molar-refractivity contribution is -0.127. The van der Waals surface area contributed by atoms with Crippen LogP contribution in [0.2, 0.25) is 0 Å². The molecular formula is C21H41IN4O2. The van der Waals surface area contributed by atoms with E-state index in [0.29, 0.717) is 17.4 Å². The lowest BCUT2D eigenvalue weighted by atomic mass is 9.83. The minimum absolute atomic E-state index is 0. The van der Waals surface area contributed by atoms with Gasteiger partial charge in [0.15, 0.2) is 5.96 Å². The first-order valence-corrected chi connectivity index (χ1v) is 10.7. The summed E-state index contributed by atoms with van der Waals surface area (Å²) in [5.41, 5.74) is 0.294. The highest BCUT2D eigenvalue weighted by molar-refractivity contribution is 14.0. The van der Waals surface area contributed by atoms with E-state index in [1.54, 1.807) is 26.1 Å². The molecule has 0 aromatic rings. The van der Waals surface area contributed by atoms with Crippen molar-refractivity contribution in [1.29, 1.82) is 0 Å². The number of halogens is 1. The number of likely N-dealkylation sites (N-methyl/N-ethyl adjacent to an activating group) is 1. The van der Waals surface area contributed by atoms with Gasteiger partial charge in [-0.25, -0.2) is 4.99 Å². The van der Waals surface area contributed by atoms with Crippen molar-refractivity contribution in [1.82, 2.24) is 15.5 Å². The molecule has 0 saturated heterocycles. The Bertz CT molecular complexity index is 493. The number of aliphatic imine (C=N–C) groups is 1. The monoisotopic (exact) mass is 508 g/mol. The Morgan fingerprint density at radius 3 is 2.46 bits per heavy atom. The highest BCUT2D eigenvalue weighted by atomic mass is 127. The molecule has 2 atom stereocenters. The molecule has 0 radical (unpaired) electrons. The van der Waals surface area contributed by atoms with Crippen LogP contribution in [0.4, 0.5) is 0 Å². The van der Waals surface area contributed by atoms with Gasteiger partial charge in [-0.3, -0.25) is 4.79 Å². The van der Waals surface area contributed by atoms with Crippen molar-refractivity contribution in [2.24, 2.45) is 16.3 Å². The fourth-order valence-corrected chi connectivity index (χ4v) is 4.38. The highest BCUT2D eigenvalue weighted by Gasteiger charge is 2.34. The normalized spacial score (nSPS) is 24.4. The minimum atomic E-state index is 0. The fourth-order valence-electron chi connectivity index (χ4n) is 4.38. The maximum atomic E-state index is 12.0. The van der Waals surface area contributed by atoms with E-state index >= 15 is 0 Å². The van der Waals surface area contributed by atoms with Crippen LogP contribution in [0.3, 0.4) is 0 Å². The number of amides is 1. The summed E-state index contributed by atoms with van der Waals surface area (Å²) in [6.45, 7) is 4.21. The molecule has 7 heteroatoms. The molecule has 0 aliphatic heterocycles. The summed E-state index contributed by atoms with van der Waals surface area (Å²) in [5, 5.41) is 7.22. The Balaban J connectivity index is 0.00000392. The molecule has 6 nitrogen and oxygen atoms in total. The summed E-state index contributed by atoms with van der Waals surface area (Å²) in [6.07, 6.45) is 11.2. The van der Waals surface area contributed by atoms with Crippen LogP contribution in [0, 0.1) is 11.3 Å². The Kier molecular flexibility index (Phi) is 11.7. The Morgan fingerprint density at radius 2 is 1.86 bits per heavy atom. The third-order valence-electron chi connectivity index (χ3n) is 6.44. The molecule has 164 valence electrons. The fraction of sp³-hybridized carbons (Fsp3) is 0.905. The van der Waals surface area contributed by atoms with Gasteiger partial charge in [0.25, 0.3) is 0 Å². The van der Waals surface area contributed by atoms with Crippen molar-refractivity contribution in [2.75, 3.05) is 40.9 Å². The second kappa shape index (κ2) is 12.9. The molecule has 0 heterocycles. The van der Waals surface area contributed by atoms with E-state index in [2.05, 4.69) is 22.5 Å². The van der Waals surface area contributed by atoms with Gasteiger partial charge in [-0.1, -0.05) is 32.6 Å². The average Bonchev–Trinajstić information content (AvgIpc) is 3.12. The molecule has 0 spiro atoms. The molecule has 0 aromatic heterocycles. The SMILES string of the molecule is COCCC1(CNC(=NCC(=O)N(C)C)NC2CCCCC2C)CCCC1.I. The number of nitrogens with one attached hydrogen (secondary N) is 2. The number of rotatable bonds is 8. The number of guanidine groups is 1. The van der Waals surface area contributed by atoms with E-state index < -0.39 is 0 Å². The third kappa shape index (κ3) is 8.05. The lowest BCUT2D eigenvalue weighted by Crippen LogP contribution is -2.50. The van der Waals surface area contributed by atoms with Crippen molar-refractivity contribution in [3.05, 3.63) is 0 Å². The van der Waals surface area contributed by atoms with Gasteiger partial charge in [0.2, 0.25) is 5.91 Å². The molecule has 2 unspecified atom stereocenters. The number of carbonyl (C=O) groups excluding carboxylic acids is 1. The van der Waals surface area contributed by atoms with E-state index in [-0.39, 0.29) is 36.4 Å². The van der Waals surface area contributed by atoms with Gasteiger partial charge in [-0.05, 0) is 43.4 Å². The summed E-state index contributed by atoms with van der Waals surface area (Å²) < 4.78 is 5.35. The Hall–Kier alpha value is -0.570. The maximum absolute atomic E-state index is 12.0. The van der Waals surface area contributed by atoms with Gasteiger partial charge < -0.3 is 20.3 Å². The van der Waals surface area contributed by atoms with Gasteiger partial charge in [-0.15, -0.1) is 24.0 Å². The second-order valence-electron chi connectivity index (χ2n) is 8.77. The smallest absolute Gasteiger partial charge is 0.243 e. The molecule has 2 saturated carbocycles. The number of ether oxygens (including phenoxy) is 1. The van der Waals surface area contributed by atoms with Crippen molar-refractivity contribution < 1.29 is 9.53 Å². The van der Waals surface area contributed by atoms with Crippen LogP contribution in [-0.4, -0.2) is 63.7 Å². The van der Waals surface area contributed by atoms with Crippen LogP contribution >= 0.6 is 24.0 Å². The summed E-state index contributed by atoms with van der Waals surface area (Å²) in [4.78, 5) is 18.2. The van der Waals surface area contributed by atoms with E-state index in [0.717, 1.165) is 25.5 Å². The molecule has 2 N–H and O–H groups in total. The van der Waals surface area contributed by atoms with Crippen LogP contribution in [-0.2, 0) is 9.53 Å². The van der Waals surface area contributed by atoms with E-state index in [1.165, 1.54) is 51.4 Å². The standard InChI is InChI=1S/C21H40N4O2.HI/c1-17-9-5-6-10-18(17)24-20(22-15-19(26)25(2)3)23-16-21(13-14-27-4)11-7-8-12-21;/h17-18H,5-16H2,1-4H3,(H2,22,23,24);1H. The molecule has 2 fully saturated rings. The van der Waals surface area contributed by atoms with Crippen LogP contribution in [0.25, 0.3) is 0 Å². The molecular weight excluding hydrogens is 467 g/mol. The largest absolute Gasteiger partial charge is 0.385 e. The number of methoxy groups -OCH3 is 1. The van der Waals surface area contributed by atoms with Gasteiger partial charge >= 0.3 is 0 Å². The Labute approximate surface area is 188 Å². The Morgan fingerprint density at radius 1 is 1.18 bits per heavy atom. The maximum Gasteiger partial charge on any atom is 0.243 e. The lowest BCUT2D eigenvalue weighted by Gasteiger charge is -2.33. The number of nitrogens with zero attached hydrogens (tertiary/aromatic N) is 2. The summed E-state index contributed by atoms with van der Waals surface area (Å²) in [6, 6.07) is 0.443. The summed E-state index contributed by atoms with van der Waals surface area (Å²) >= 11 is 0. The minimum Gasteiger partial charge on any atom is -0.385 e. The van der Waals surface area contributed by atoms with Crippen molar-refractivity contribution in [3.63, 3.8) is 0 Å². The number of carbonyl (C=O) groups is 1. The zero-order valence-electron chi connectivity index (χ0n) is 18.3. The summed E-state index contributed by atoms with van der Waals surface area (Å²) in [7, 11) is 5.33. The summed E-state index contributed by atoms with van der Waals surface area (Å²) in [5.74, 6) is 1.47. The van der Waals surface area contributed by atoms with Crippen LogP contribution in [0.1, 0.15) is 64.7 Å². The van der Waals surface area contributed by atoms with Crippen LogP contribution in [0.15, 0.2) is 4.99 Å². The zero-order valence-corrected chi connectivity index (χ0v) is 20.6. The predicted molar refractivity (Wildman–Crippen MR) is 126 cm³/mol. The first kappa shape index (κ1) is 25.5. The van der Waals surface area contributed by atoms with Crippen molar-refractivity contribution >= 4 is 35.8 Å². The van der Waals surface area contributed by atoms with Gasteiger partial charge in [-0.2, -0.15) is 0 Å². The highest BCUT2D eigenvalue weighted by Crippen LogP contribution is 2.40.